The van der Waals surface area contributed by atoms with E-state index in [-0.39, 0.29) is 17.9 Å². The van der Waals surface area contributed by atoms with Crippen molar-refractivity contribution in [2.75, 3.05) is 19.8 Å². The van der Waals surface area contributed by atoms with Gasteiger partial charge in [-0.25, -0.2) is 4.39 Å². The van der Waals surface area contributed by atoms with Crippen LogP contribution in [0.5, 0.6) is 5.75 Å². The first-order chi connectivity index (χ1) is 10.2. The zero-order valence-corrected chi connectivity index (χ0v) is 12.1. The van der Waals surface area contributed by atoms with Crippen LogP contribution in [0.1, 0.15) is 32.1 Å². The van der Waals surface area contributed by atoms with E-state index < -0.39 is 0 Å². The molecule has 4 nitrogen and oxygen atoms in total. The number of hydrogen-bond donors (Lipinski definition) is 0. The summed E-state index contributed by atoms with van der Waals surface area (Å²) in [6.07, 6.45) is 4.12. The summed E-state index contributed by atoms with van der Waals surface area (Å²) in [5, 5.41) is 0. The van der Waals surface area contributed by atoms with Crippen molar-refractivity contribution >= 4 is 5.97 Å². The van der Waals surface area contributed by atoms with E-state index in [2.05, 4.69) is 0 Å². The van der Waals surface area contributed by atoms with E-state index in [0.717, 1.165) is 25.9 Å². The van der Waals surface area contributed by atoms with Crippen molar-refractivity contribution < 1.29 is 23.4 Å². The highest BCUT2D eigenvalue weighted by Gasteiger charge is 2.15. The predicted molar refractivity (Wildman–Crippen MR) is 75.7 cm³/mol. The van der Waals surface area contributed by atoms with Crippen LogP contribution in [0.3, 0.4) is 0 Å². The first-order valence-electron chi connectivity index (χ1n) is 7.39. The molecule has 1 aliphatic heterocycles. The lowest BCUT2D eigenvalue weighted by molar-refractivity contribution is -0.149. The summed E-state index contributed by atoms with van der Waals surface area (Å²) < 4.78 is 28.8. The molecule has 1 aromatic rings. The molecule has 1 aliphatic rings. The molecule has 1 unspecified atom stereocenters. The molecule has 0 aliphatic carbocycles. The number of esters is 1. The highest BCUT2D eigenvalue weighted by atomic mass is 19.1. The van der Waals surface area contributed by atoms with Gasteiger partial charge in [-0.1, -0.05) is 0 Å². The van der Waals surface area contributed by atoms with E-state index in [0.29, 0.717) is 31.8 Å². The van der Waals surface area contributed by atoms with Crippen LogP contribution in [0.15, 0.2) is 24.3 Å². The lowest BCUT2D eigenvalue weighted by Crippen LogP contribution is -2.26. The molecular weight excluding hydrogens is 275 g/mol. The molecule has 1 heterocycles. The van der Waals surface area contributed by atoms with Crippen molar-refractivity contribution in [3.8, 4) is 5.75 Å². The summed E-state index contributed by atoms with van der Waals surface area (Å²) in [7, 11) is 0. The van der Waals surface area contributed by atoms with Gasteiger partial charge in [0.1, 0.15) is 18.2 Å². The molecule has 0 amide bonds. The summed E-state index contributed by atoms with van der Waals surface area (Å²) in [6.45, 7) is 1.51. The van der Waals surface area contributed by atoms with E-state index >= 15 is 0 Å². The fourth-order valence-corrected chi connectivity index (χ4v) is 2.13. The maximum atomic E-state index is 12.7. The van der Waals surface area contributed by atoms with E-state index in [4.69, 9.17) is 14.2 Å². The molecule has 116 valence electrons. The lowest BCUT2D eigenvalue weighted by atomic mass is 10.1. The van der Waals surface area contributed by atoms with Gasteiger partial charge in [0.25, 0.3) is 0 Å². The Bertz CT molecular complexity index is 426. The average molecular weight is 296 g/mol. The standard InChI is InChI=1S/C16H21FO4/c17-13-6-8-14(9-7-13)19-11-3-5-16(18)21-12-15-4-1-2-10-20-15/h6-9,15H,1-5,10-12H2. The Kier molecular flexibility index (Phi) is 6.47. The third-order valence-electron chi connectivity index (χ3n) is 3.31. The first-order valence-corrected chi connectivity index (χ1v) is 7.39. The zero-order valence-electron chi connectivity index (χ0n) is 12.1. The molecule has 0 radical (unpaired) electrons. The fourth-order valence-electron chi connectivity index (χ4n) is 2.13. The fraction of sp³-hybridized carbons (Fsp3) is 0.562. The van der Waals surface area contributed by atoms with Gasteiger partial charge < -0.3 is 14.2 Å². The summed E-state index contributed by atoms with van der Waals surface area (Å²) in [6, 6.07) is 5.81. The number of benzene rings is 1. The van der Waals surface area contributed by atoms with Crippen molar-refractivity contribution in [3.05, 3.63) is 30.1 Å². The van der Waals surface area contributed by atoms with Gasteiger partial charge in [0.2, 0.25) is 0 Å². The van der Waals surface area contributed by atoms with Gasteiger partial charge >= 0.3 is 5.97 Å². The van der Waals surface area contributed by atoms with Crippen LogP contribution in [0.25, 0.3) is 0 Å². The Balaban J connectivity index is 1.53. The van der Waals surface area contributed by atoms with Crippen LogP contribution in [0.4, 0.5) is 4.39 Å². The third-order valence-corrected chi connectivity index (χ3v) is 3.31. The quantitative estimate of drug-likeness (QED) is 0.573. The molecular formula is C16H21FO4. The van der Waals surface area contributed by atoms with E-state index in [9.17, 15) is 9.18 Å². The maximum absolute atomic E-state index is 12.7. The summed E-state index contributed by atoms with van der Waals surface area (Å²) in [5.74, 6) is 0.0723. The normalized spacial score (nSPS) is 18.2. The Morgan fingerprint density at radius 1 is 1.29 bits per heavy atom. The minimum absolute atomic E-state index is 0.0539. The lowest BCUT2D eigenvalue weighted by Gasteiger charge is -2.22. The number of carbonyl (C=O) groups excluding carboxylic acids is 1. The van der Waals surface area contributed by atoms with E-state index in [1.54, 1.807) is 12.1 Å². The largest absolute Gasteiger partial charge is 0.494 e. The van der Waals surface area contributed by atoms with Crippen LogP contribution in [-0.4, -0.2) is 31.9 Å². The number of carbonyl (C=O) groups is 1. The molecule has 1 saturated heterocycles. The van der Waals surface area contributed by atoms with Crippen LogP contribution >= 0.6 is 0 Å². The molecule has 5 heteroatoms. The molecule has 0 aromatic heterocycles. The summed E-state index contributed by atoms with van der Waals surface area (Å²) >= 11 is 0. The zero-order chi connectivity index (χ0) is 14.9. The predicted octanol–water partition coefficient (Wildman–Crippen LogP) is 3.10. The van der Waals surface area contributed by atoms with Gasteiger partial charge in [0.15, 0.2) is 0 Å². The monoisotopic (exact) mass is 296 g/mol. The number of halogens is 1. The molecule has 1 atom stereocenters. The van der Waals surface area contributed by atoms with Gasteiger partial charge in [-0.2, -0.15) is 0 Å². The molecule has 0 saturated carbocycles. The molecule has 2 rings (SSSR count). The number of hydrogen-bond acceptors (Lipinski definition) is 4. The van der Waals surface area contributed by atoms with Gasteiger partial charge in [0, 0.05) is 13.0 Å². The molecule has 1 aromatic carbocycles. The number of ether oxygens (including phenoxy) is 3. The topological polar surface area (TPSA) is 44.8 Å². The van der Waals surface area contributed by atoms with Crippen molar-refractivity contribution in [2.24, 2.45) is 0 Å². The van der Waals surface area contributed by atoms with E-state index in [1.165, 1.54) is 12.1 Å². The van der Waals surface area contributed by atoms with Crippen molar-refractivity contribution in [3.63, 3.8) is 0 Å². The Morgan fingerprint density at radius 3 is 2.81 bits per heavy atom. The van der Waals surface area contributed by atoms with Crippen LogP contribution < -0.4 is 4.74 Å². The molecule has 1 fully saturated rings. The second-order valence-electron chi connectivity index (χ2n) is 5.08. The van der Waals surface area contributed by atoms with Gasteiger partial charge in [-0.15, -0.1) is 0 Å². The van der Waals surface area contributed by atoms with Gasteiger partial charge in [-0.3, -0.25) is 4.79 Å². The van der Waals surface area contributed by atoms with Gasteiger partial charge in [0.05, 0.1) is 12.7 Å². The molecule has 0 N–H and O–H groups in total. The third kappa shape index (κ3) is 6.12. The first kappa shape index (κ1) is 15.8. The molecule has 0 spiro atoms. The Hall–Kier alpha value is -1.62. The minimum atomic E-state index is -0.296. The van der Waals surface area contributed by atoms with E-state index in [1.807, 2.05) is 0 Å². The highest BCUT2D eigenvalue weighted by molar-refractivity contribution is 5.69. The van der Waals surface area contributed by atoms with Crippen LogP contribution in [0, 0.1) is 5.82 Å². The van der Waals surface area contributed by atoms with Gasteiger partial charge in [-0.05, 0) is 49.9 Å². The molecule has 21 heavy (non-hydrogen) atoms. The van der Waals surface area contributed by atoms with Crippen LogP contribution in [-0.2, 0) is 14.3 Å². The maximum Gasteiger partial charge on any atom is 0.306 e. The Morgan fingerprint density at radius 2 is 2.10 bits per heavy atom. The SMILES string of the molecule is O=C(CCCOc1ccc(F)cc1)OCC1CCCCO1. The smallest absolute Gasteiger partial charge is 0.306 e. The highest BCUT2D eigenvalue weighted by Crippen LogP contribution is 2.14. The average Bonchev–Trinajstić information content (AvgIpc) is 2.52. The second kappa shape index (κ2) is 8.62. The summed E-state index contributed by atoms with van der Waals surface area (Å²) in [5.41, 5.74) is 0. The van der Waals surface area contributed by atoms with Crippen molar-refractivity contribution in [1.82, 2.24) is 0 Å². The summed E-state index contributed by atoms with van der Waals surface area (Å²) in [4.78, 5) is 11.6. The molecule has 0 bridgehead atoms. The Labute approximate surface area is 124 Å². The van der Waals surface area contributed by atoms with Crippen molar-refractivity contribution in [2.45, 2.75) is 38.2 Å². The van der Waals surface area contributed by atoms with Crippen molar-refractivity contribution in [1.29, 1.82) is 0 Å². The second-order valence-corrected chi connectivity index (χ2v) is 5.08. The number of rotatable bonds is 7. The van der Waals surface area contributed by atoms with Crippen LogP contribution in [0.2, 0.25) is 0 Å². The minimum Gasteiger partial charge on any atom is -0.494 e.